The van der Waals surface area contributed by atoms with Crippen LogP contribution >= 0.6 is 0 Å². The number of benzene rings is 2. The van der Waals surface area contributed by atoms with E-state index in [2.05, 4.69) is 11.2 Å². The van der Waals surface area contributed by atoms with Gasteiger partial charge in [0.05, 0.1) is 19.6 Å². The zero-order valence-electron chi connectivity index (χ0n) is 22.4. The van der Waals surface area contributed by atoms with E-state index in [-0.39, 0.29) is 37.5 Å². The van der Waals surface area contributed by atoms with Gasteiger partial charge in [-0.25, -0.2) is 9.80 Å². The van der Waals surface area contributed by atoms with E-state index >= 15 is 0 Å². The zero-order chi connectivity index (χ0) is 27.2. The Kier molecular flexibility index (Phi) is 8.48. The molecule has 0 aromatic heterocycles. The molecule has 3 fully saturated rings. The highest BCUT2D eigenvalue weighted by molar-refractivity contribution is 5.91. The number of rotatable bonds is 7. The molecule has 2 atom stereocenters. The Morgan fingerprint density at radius 2 is 1.62 bits per heavy atom. The second-order valence-electron chi connectivity index (χ2n) is 10.8. The van der Waals surface area contributed by atoms with Crippen LogP contribution < -0.4 is 5.32 Å². The summed E-state index contributed by atoms with van der Waals surface area (Å²) in [6.07, 6.45) is 11.2. The van der Waals surface area contributed by atoms with Gasteiger partial charge in [0.25, 0.3) is 0 Å². The number of nitrogens with one attached hydrogen (secondary N) is 1. The number of urea groups is 1. The molecule has 1 aliphatic carbocycles. The van der Waals surface area contributed by atoms with Crippen molar-refractivity contribution in [2.24, 2.45) is 5.92 Å². The van der Waals surface area contributed by atoms with Gasteiger partial charge in [0.2, 0.25) is 11.8 Å². The van der Waals surface area contributed by atoms with Gasteiger partial charge >= 0.3 is 6.03 Å². The van der Waals surface area contributed by atoms with E-state index in [0.29, 0.717) is 25.4 Å². The number of piperazine rings is 1. The Bertz CT molecular complexity index is 1190. The molecule has 2 saturated heterocycles. The van der Waals surface area contributed by atoms with Gasteiger partial charge in [-0.3, -0.25) is 9.59 Å². The number of hydrazine groups is 1. The lowest BCUT2D eigenvalue weighted by molar-refractivity contribution is -0.189. The first kappa shape index (κ1) is 26.8. The van der Waals surface area contributed by atoms with Crippen molar-refractivity contribution in [3.63, 3.8) is 0 Å². The Morgan fingerprint density at radius 3 is 2.28 bits per heavy atom. The minimum atomic E-state index is -0.681. The summed E-state index contributed by atoms with van der Waals surface area (Å²) in [5.41, 5.74) is 1.95. The van der Waals surface area contributed by atoms with E-state index in [1.54, 1.807) is 14.9 Å². The number of hydrogen-bond donors (Lipinski definition) is 1. The normalized spacial score (nSPS) is 22.4. The summed E-state index contributed by atoms with van der Waals surface area (Å²) in [7, 11) is 0. The molecule has 0 spiro atoms. The molecule has 4 amide bonds. The highest BCUT2D eigenvalue weighted by atomic mass is 16.2. The molecule has 1 N–H and O–H groups in total. The minimum absolute atomic E-state index is 0.0379. The Labute approximate surface area is 230 Å². The highest BCUT2D eigenvalue weighted by Gasteiger charge is 2.51. The molecule has 39 heavy (non-hydrogen) atoms. The number of terminal acetylenes is 1. The minimum Gasteiger partial charge on any atom is -0.337 e. The topological polar surface area (TPSA) is 76.2 Å². The second-order valence-corrected chi connectivity index (χ2v) is 10.8. The van der Waals surface area contributed by atoms with Gasteiger partial charge < -0.3 is 15.1 Å². The summed E-state index contributed by atoms with van der Waals surface area (Å²) < 4.78 is 0. The van der Waals surface area contributed by atoms with Crippen molar-refractivity contribution >= 4 is 17.8 Å². The summed E-state index contributed by atoms with van der Waals surface area (Å²) in [5, 5.41) is 6.23. The van der Waals surface area contributed by atoms with Crippen molar-refractivity contribution in [3.05, 3.63) is 71.8 Å². The number of nitrogens with zero attached hydrogens (tertiary/aromatic N) is 4. The van der Waals surface area contributed by atoms with Crippen molar-refractivity contribution < 1.29 is 14.4 Å². The van der Waals surface area contributed by atoms with Crippen LogP contribution in [-0.2, 0) is 22.6 Å². The maximum absolute atomic E-state index is 14.0. The first-order valence-corrected chi connectivity index (χ1v) is 14.0. The average Bonchev–Trinajstić information content (AvgIpc) is 2.96. The molecule has 2 aliphatic heterocycles. The average molecular weight is 528 g/mol. The fraction of sp³-hybridized carbons (Fsp3) is 0.452. The van der Waals surface area contributed by atoms with Gasteiger partial charge in [-0.15, -0.1) is 6.42 Å². The summed E-state index contributed by atoms with van der Waals surface area (Å²) in [5.74, 6) is 2.82. The molecule has 0 radical (unpaired) electrons. The molecule has 204 valence electrons. The smallest absolute Gasteiger partial charge is 0.334 e. The van der Waals surface area contributed by atoms with Crippen LogP contribution in [0.25, 0.3) is 0 Å². The third-order valence-corrected chi connectivity index (χ3v) is 8.07. The molecule has 1 saturated carbocycles. The van der Waals surface area contributed by atoms with E-state index in [1.807, 2.05) is 65.6 Å². The number of amides is 4. The van der Waals surface area contributed by atoms with Crippen LogP contribution in [0.15, 0.2) is 60.7 Å². The maximum Gasteiger partial charge on any atom is 0.334 e. The number of fused-ring (bicyclic) bond motifs is 1. The third kappa shape index (κ3) is 6.10. The van der Waals surface area contributed by atoms with Crippen molar-refractivity contribution in [2.75, 3.05) is 26.2 Å². The Hall–Kier alpha value is -3.83. The lowest BCUT2D eigenvalue weighted by Crippen LogP contribution is -2.77. The van der Waals surface area contributed by atoms with Crippen molar-refractivity contribution in [1.82, 2.24) is 25.1 Å². The molecule has 5 rings (SSSR count). The van der Waals surface area contributed by atoms with Crippen LogP contribution in [0.1, 0.15) is 43.2 Å². The van der Waals surface area contributed by atoms with E-state index in [4.69, 9.17) is 6.42 Å². The van der Waals surface area contributed by atoms with E-state index < -0.39 is 12.2 Å². The lowest BCUT2D eigenvalue weighted by Gasteiger charge is -2.55. The fourth-order valence-corrected chi connectivity index (χ4v) is 6.17. The molecule has 2 aromatic carbocycles. The van der Waals surface area contributed by atoms with Crippen LogP contribution in [-0.4, -0.2) is 76.0 Å². The SMILES string of the molecule is C#CCN1CC(=O)N2[C@@H](Cc3ccccc3)C(=O)N(CC3CCCCC3)C[C@@H]2N1C(=O)NCc1ccccc1. The van der Waals surface area contributed by atoms with Crippen LogP contribution in [0.3, 0.4) is 0 Å². The van der Waals surface area contributed by atoms with Gasteiger partial charge in [-0.1, -0.05) is 85.8 Å². The first-order chi connectivity index (χ1) is 19.0. The Balaban J connectivity index is 1.45. The molecule has 2 heterocycles. The predicted octanol–water partition coefficient (Wildman–Crippen LogP) is 3.25. The van der Waals surface area contributed by atoms with Crippen LogP contribution in [0.4, 0.5) is 4.79 Å². The quantitative estimate of drug-likeness (QED) is 0.561. The highest BCUT2D eigenvalue weighted by Crippen LogP contribution is 2.31. The zero-order valence-corrected chi connectivity index (χ0v) is 22.4. The maximum atomic E-state index is 14.0. The van der Waals surface area contributed by atoms with Gasteiger partial charge in [0, 0.05) is 19.5 Å². The molecular formula is C31H37N5O3. The first-order valence-electron chi connectivity index (χ1n) is 14.0. The molecule has 0 unspecified atom stereocenters. The monoisotopic (exact) mass is 527 g/mol. The summed E-state index contributed by atoms with van der Waals surface area (Å²) in [6, 6.07) is 18.5. The number of carbonyl (C=O) groups excluding carboxylic acids is 3. The molecule has 3 aliphatic rings. The fourth-order valence-electron chi connectivity index (χ4n) is 6.17. The van der Waals surface area contributed by atoms with E-state index in [9.17, 15) is 14.4 Å². The van der Waals surface area contributed by atoms with E-state index in [0.717, 1.165) is 24.0 Å². The summed E-state index contributed by atoms with van der Waals surface area (Å²) in [4.78, 5) is 44.8. The van der Waals surface area contributed by atoms with Crippen LogP contribution in [0.2, 0.25) is 0 Å². The molecule has 0 bridgehead atoms. The van der Waals surface area contributed by atoms with Crippen molar-refractivity contribution in [2.45, 2.75) is 57.3 Å². The standard InChI is InChI=1S/C31H37N5O3/c1-2-18-34-23-29(37)35-27(19-24-12-6-3-7-13-24)30(38)33(21-26-16-10-5-11-17-26)22-28(35)36(34)31(39)32-20-25-14-8-4-9-15-25/h1,3-4,6-9,12-15,26-28H,5,10-11,16-23H2,(H,32,39)/t27-,28-/m0/s1. The number of hydrogen-bond acceptors (Lipinski definition) is 4. The molecule has 8 nitrogen and oxygen atoms in total. The van der Waals surface area contributed by atoms with Gasteiger partial charge in [-0.05, 0) is 29.9 Å². The third-order valence-electron chi connectivity index (χ3n) is 8.07. The van der Waals surface area contributed by atoms with Crippen molar-refractivity contribution in [3.8, 4) is 12.3 Å². The number of carbonyl (C=O) groups is 3. The summed E-state index contributed by atoms with van der Waals surface area (Å²) >= 11 is 0. The molecule has 8 heteroatoms. The van der Waals surface area contributed by atoms with Crippen LogP contribution in [0, 0.1) is 18.3 Å². The van der Waals surface area contributed by atoms with Gasteiger partial charge in [-0.2, -0.15) is 5.01 Å². The molecule has 2 aromatic rings. The lowest BCUT2D eigenvalue weighted by atomic mass is 9.88. The van der Waals surface area contributed by atoms with Crippen LogP contribution in [0.5, 0.6) is 0 Å². The predicted molar refractivity (Wildman–Crippen MR) is 149 cm³/mol. The van der Waals surface area contributed by atoms with Gasteiger partial charge in [0.1, 0.15) is 12.2 Å². The van der Waals surface area contributed by atoms with Gasteiger partial charge in [0.15, 0.2) is 0 Å². The second kappa shape index (κ2) is 12.4. The van der Waals surface area contributed by atoms with Crippen molar-refractivity contribution in [1.29, 1.82) is 0 Å². The summed E-state index contributed by atoms with van der Waals surface area (Å²) in [6.45, 7) is 1.33. The largest absolute Gasteiger partial charge is 0.337 e. The molecular weight excluding hydrogens is 490 g/mol. The van der Waals surface area contributed by atoms with E-state index in [1.165, 1.54) is 19.3 Å². The Morgan fingerprint density at radius 1 is 0.949 bits per heavy atom.